The van der Waals surface area contributed by atoms with Crippen molar-refractivity contribution in [1.82, 2.24) is 0 Å². The molecule has 0 bridgehead atoms. The summed E-state index contributed by atoms with van der Waals surface area (Å²) < 4.78 is 11.2. The summed E-state index contributed by atoms with van der Waals surface area (Å²) >= 11 is 0. The van der Waals surface area contributed by atoms with E-state index in [0.29, 0.717) is 6.61 Å². The maximum atomic E-state index is 8.93. The van der Waals surface area contributed by atoms with Crippen LogP contribution in [0.4, 0.5) is 0 Å². The predicted octanol–water partition coefficient (Wildman–Crippen LogP) is 2.47. The first-order valence-corrected chi connectivity index (χ1v) is 6.13. The zero-order valence-corrected chi connectivity index (χ0v) is 10.00. The van der Waals surface area contributed by atoms with E-state index < -0.39 is 5.79 Å². The van der Waals surface area contributed by atoms with E-state index in [1.54, 1.807) is 0 Å². The number of rotatable bonds is 7. The van der Waals surface area contributed by atoms with Crippen molar-refractivity contribution in [3.8, 4) is 0 Å². The van der Waals surface area contributed by atoms with Crippen molar-refractivity contribution < 1.29 is 14.6 Å². The minimum absolute atomic E-state index is 0.0609. The van der Waals surface area contributed by atoms with Crippen LogP contribution in [0.5, 0.6) is 0 Å². The van der Waals surface area contributed by atoms with Gasteiger partial charge in [-0.15, -0.1) is 0 Å². The SMILES string of the molecule is CCCCCCCC1(C)OCC(CO)O1. The van der Waals surface area contributed by atoms with Crippen molar-refractivity contribution in [1.29, 1.82) is 0 Å². The monoisotopic (exact) mass is 216 g/mol. The molecule has 90 valence electrons. The van der Waals surface area contributed by atoms with E-state index in [4.69, 9.17) is 14.6 Å². The topological polar surface area (TPSA) is 38.7 Å². The van der Waals surface area contributed by atoms with Gasteiger partial charge >= 0.3 is 0 Å². The summed E-state index contributed by atoms with van der Waals surface area (Å²) in [5.74, 6) is -0.445. The van der Waals surface area contributed by atoms with Gasteiger partial charge in [-0.2, -0.15) is 0 Å². The van der Waals surface area contributed by atoms with Crippen molar-refractivity contribution >= 4 is 0 Å². The lowest BCUT2D eigenvalue weighted by molar-refractivity contribution is -0.162. The van der Waals surface area contributed by atoms with E-state index >= 15 is 0 Å². The second-order valence-electron chi connectivity index (χ2n) is 4.53. The van der Waals surface area contributed by atoms with Crippen LogP contribution < -0.4 is 0 Å². The quantitative estimate of drug-likeness (QED) is 0.664. The van der Waals surface area contributed by atoms with Crippen molar-refractivity contribution in [2.24, 2.45) is 0 Å². The molecule has 0 radical (unpaired) electrons. The molecular weight excluding hydrogens is 192 g/mol. The van der Waals surface area contributed by atoms with Gasteiger partial charge in [0.1, 0.15) is 6.10 Å². The molecule has 0 saturated carbocycles. The molecule has 1 N–H and O–H groups in total. The summed E-state index contributed by atoms with van der Waals surface area (Å²) in [6.45, 7) is 4.78. The van der Waals surface area contributed by atoms with Crippen LogP contribution in [-0.4, -0.2) is 30.2 Å². The molecule has 0 aromatic rings. The molecule has 0 aliphatic carbocycles. The van der Waals surface area contributed by atoms with Gasteiger partial charge in [-0.25, -0.2) is 0 Å². The third kappa shape index (κ3) is 4.49. The molecule has 0 aromatic heterocycles. The van der Waals surface area contributed by atoms with E-state index in [9.17, 15) is 0 Å². The molecule has 0 spiro atoms. The Kier molecular flexibility index (Phi) is 5.58. The highest BCUT2D eigenvalue weighted by Crippen LogP contribution is 2.28. The van der Waals surface area contributed by atoms with E-state index in [-0.39, 0.29) is 12.7 Å². The molecule has 15 heavy (non-hydrogen) atoms. The molecule has 0 aromatic carbocycles. The standard InChI is InChI=1S/C12H24O3/c1-3-4-5-6-7-8-12(2)14-10-11(9-13)15-12/h11,13H,3-10H2,1-2H3. The zero-order chi connectivity index (χ0) is 11.1. The van der Waals surface area contributed by atoms with Crippen LogP contribution in [0.1, 0.15) is 52.4 Å². The highest BCUT2D eigenvalue weighted by Gasteiger charge is 2.35. The molecule has 1 heterocycles. The Balaban J connectivity index is 2.10. The summed E-state index contributed by atoms with van der Waals surface area (Å²) in [6.07, 6.45) is 7.11. The highest BCUT2D eigenvalue weighted by atomic mass is 16.7. The van der Waals surface area contributed by atoms with E-state index in [2.05, 4.69) is 6.92 Å². The first-order chi connectivity index (χ1) is 7.20. The molecule has 1 rings (SSSR count). The number of hydrogen-bond donors (Lipinski definition) is 1. The average molecular weight is 216 g/mol. The lowest BCUT2D eigenvalue weighted by Gasteiger charge is -2.22. The fraction of sp³-hybridized carbons (Fsp3) is 1.00. The van der Waals surface area contributed by atoms with Crippen molar-refractivity contribution in [2.75, 3.05) is 13.2 Å². The van der Waals surface area contributed by atoms with Gasteiger partial charge < -0.3 is 14.6 Å². The van der Waals surface area contributed by atoms with Gasteiger partial charge in [0.2, 0.25) is 0 Å². The molecule has 3 heteroatoms. The average Bonchev–Trinajstić information content (AvgIpc) is 2.61. The van der Waals surface area contributed by atoms with Crippen molar-refractivity contribution in [3.05, 3.63) is 0 Å². The Morgan fingerprint density at radius 1 is 1.27 bits per heavy atom. The smallest absolute Gasteiger partial charge is 0.166 e. The largest absolute Gasteiger partial charge is 0.394 e. The summed E-state index contributed by atoms with van der Waals surface area (Å²) in [4.78, 5) is 0. The van der Waals surface area contributed by atoms with Gasteiger partial charge in [-0.3, -0.25) is 0 Å². The molecule has 2 unspecified atom stereocenters. The van der Waals surface area contributed by atoms with Crippen molar-refractivity contribution in [2.45, 2.75) is 64.3 Å². The molecule has 1 fully saturated rings. The Morgan fingerprint density at radius 3 is 2.60 bits per heavy atom. The third-order valence-electron chi connectivity index (χ3n) is 2.93. The second-order valence-corrected chi connectivity index (χ2v) is 4.53. The molecule has 3 nitrogen and oxygen atoms in total. The molecule has 1 aliphatic heterocycles. The molecule has 1 aliphatic rings. The summed E-state index contributed by atoms with van der Waals surface area (Å²) in [5.41, 5.74) is 0. The first kappa shape index (κ1) is 12.9. The van der Waals surface area contributed by atoms with Crippen LogP contribution in [0.2, 0.25) is 0 Å². The van der Waals surface area contributed by atoms with Crippen LogP contribution in [0.25, 0.3) is 0 Å². The number of unbranched alkanes of at least 4 members (excludes halogenated alkanes) is 4. The van der Waals surface area contributed by atoms with Crippen LogP contribution in [-0.2, 0) is 9.47 Å². The lowest BCUT2D eigenvalue weighted by Crippen LogP contribution is -2.27. The van der Waals surface area contributed by atoms with Gasteiger partial charge in [0.15, 0.2) is 5.79 Å². The molecule has 2 atom stereocenters. The summed E-state index contributed by atoms with van der Waals surface area (Å²) in [5, 5.41) is 8.93. The fourth-order valence-corrected chi connectivity index (χ4v) is 1.96. The molecule has 1 saturated heterocycles. The van der Waals surface area contributed by atoms with Crippen LogP contribution >= 0.6 is 0 Å². The van der Waals surface area contributed by atoms with Gasteiger partial charge in [0.05, 0.1) is 13.2 Å². The van der Waals surface area contributed by atoms with Gasteiger partial charge in [0.25, 0.3) is 0 Å². The predicted molar refractivity (Wildman–Crippen MR) is 59.7 cm³/mol. The van der Waals surface area contributed by atoms with Crippen molar-refractivity contribution in [3.63, 3.8) is 0 Å². The van der Waals surface area contributed by atoms with E-state index in [1.807, 2.05) is 6.92 Å². The van der Waals surface area contributed by atoms with Gasteiger partial charge in [-0.1, -0.05) is 32.6 Å². The van der Waals surface area contributed by atoms with E-state index in [0.717, 1.165) is 12.8 Å². The first-order valence-electron chi connectivity index (χ1n) is 6.13. The summed E-state index contributed by atoms with van der Waals surface area (Å²) in [7, 11) is 0. The third-order valence-corrected chi connectivity index (χ3v) is 2.93. The number of aliphatic hydroxyl groups excluding tert-OH is 1. The number of aliphatic hydroxyl groups is 1. The minimum atomic E-state index is -0.445. The number of ether oxygens (including phenoxy) is 2. The Hall–Kier alpha value is -0.120. The minimum Gasteiger partial charge on any atom is -0.394 e. The Labute approximate surface area is 92.8 Å². The Morgan fingerprint density at radius 2 is 2.00 bits per heavy atom. The lowest BCUT2D eigenvalue weighted by atomic mass is 10.1. The fourth-order valence-electron chi connectivity index (χ4n) is 1.96. The van der Waals surface area contributed by atoms with Gasteiger partial charge in [0, 0.05) is 6.42 Å². The van der Waals surface area contributed by atoms with Crippen LogP contribution in [0.15, 0.2) is 0 Å². The maximum Gasteiger partial charge on any atom is 0.166 e. The van der Waals surface area contributed by atoms with E-state index in [1.165, 1.54) is 25.7 Å². The molecule has 0 amide bonds. The van der Waals surface area contributed by atoms with Crippen LogP contribution in [0, 0.1) is 0 Å². The zero-order valence-electron chi connectivity index (χ0n) is 10.00. The number of hydrogen-bond acceptors (Lipinski definition) is 3. The normalized spacial score (nSPS) is 31.0. The maximum absolute atomic E-state index is 8.93. The van der Waals surface area contributed by atoms with Crippen LogP contribution in [0.3, 0.4) is 0 Å². The molecular formula is C12H24O3. The van der Waals surface area contributed by atoms with Gasteiger partial charge in [-0.05, 0) is 13.3 Å². The Bertz CT molecular complexity index is 172. The summed E-state index contributed by atoms with van der Waals surface area (Å²) in [6, 6.07) is 0. The highest BCUT2D eigenvalue weighted by molar-refractivity contribution is 4.74. The second kappa shape index (κ2) is 6.46.